The monoisotopic (exact) mass is 412 g/mol. The lowest BCUT2D eigenvalue weighted by molar-refractivity contribution is -0.205. The van der Waals surface area contributed by atoms with E-state index in [1.54, 1.807) is 12.2 Å². The number of carboxylic acid groups (broad SMARTS) is 1. The predicted octanol–water partition coefficient (Wildman–Crippen LogP) is 4.63. The molecule has 1 spiro atoms. The fraction of sp³-hybridized carbons (Fsp3) is 0.769. The van der Waals surface area contributed by atoms with Crippen molar-refractivity contribution >= 4 is 11.8 Å². The lowest BCUT2D eigenvalue weighted by Crippen LogP contribution is -2.67. The molecule has 0 aromatic heterocycles. The van der Waals surface area contributed by atoms with Crippen molar-refractivity contribution in [1.82, 2.24) is 0 Å². The summed E-state index contributed by atoms with van der Waals surface area (Å²) in [6.45, 7) is 8.76. The zero-order valence-electron chi connectivity index (χ0n) is 18.7. The van der Waals surface area contributed by atoms with E-state index in [2.05, 4.69) is 26.8 Å². The van der Waals surface area contributed by atoms with Crippen LogP contribution in [0, 0.1) is 51.8 Å². The molecule has 3 saturated carbocycles. The van der Waals surface area contributed by atoms with Crippen LogP contribution < -0.4 is 0 Å². The molecule has 0 amide bonds. The Balaban J connectivity index is 1.67. The molecule has 0 aromatic rings. The molecule has 6 aliphatic rings. The van der Waals surface area contributed by atoms with E-state index in [9.17, 15) is 19.8 Å². The second-order valence-corrected chi connectivity index (χ2v) is 11.8. The first kappa shape index (κ1) is 20.5. The summed E-state index contributed by atoms with van der Waals surface area (Å²) in [4.78, 5) is 25.4. The highest BCUT2D eigenvalue weighted by Gasteiger charge is 2.70. The first-order chi connectivity index (χ1) is 14.1. The van der Waals surface area contributed by atoms with Crippen molar-refractivity contribution in [3.05, 3.63) is 23.8 Å². The summed E-state index contributed by atoms with van der Waals surface area (Å²) in [5.74, 6) is 0.440. The summed E-state index contributed by atoms with van der Waals surface area (Å²) < 4.78 is 0. The van der Waals surface area contributed by atoms with Crippen LogP contribution in [0.4, 0.5) is 0 Å². The summed E-state index contributed by atoms with van der Waals surface area (Å²) in [5, 5.41) is 21.3. The Kier molecular flexibility index (Phi) is 4.31. The molecule has 9 atom stereocenters. The van der Waals surface area contributed by atoms with E-state index < -0.39 is 17.5 Å². The number of hydrogen-bond donors (Lipinski definition) is 2. The van der Waals surface area contributed by atoms with E-state index >= 15 is 0 Å². The second-order valence-electron chi connectivity index (χ2n) is 11.8. The number of hydrogen-bond acceptors (Lipinski definition) is 3. The number of rotatable bonds is 2. The quantitative estimate of drug-likeness (QED) is 0.649. The normalized spacial score (nSPS) is 51.8. The minimum Gasteiger partial charge on any atom is -0.481 e. The van der Waals surface area contributed by atoms with Crippen molar-refractivity contribution in [3.63, 3.8) is 0 Å². The maximum absolute atomic E-state index is 13.1. The van der Waals surface area contributed by atoms with E-state index in [-0.39, 0.29) is 40.3 Å². The molecule has 6 rings (SSSR count). The van der Waals surface area contributed by atoms with Gasteiger partial charge in [0.2, 0.25) is 0 Å². The highest BCUT2D eigenvalue weighted by atomic mass is 16.4. The van der Waals surface area contributed by atoms with Gasteiger partial charge in [-0.1, -0.05) is 44.9 Å². The van der Waals surface area contributed by atoms with Crippen LogP contribution in [0.5, 0.6) is 0 Å². The summed E-state index contributed by atoms with van der Waals surface area (Å²) in [7, 11) is 0. The van der Waals surface area contributed by atoms with E-state index in [1.807, 2.05) is 6.92 Å². The number of allylic oxidation sites excluding steroid dienone is 3. The van der Waals surface area contributed by atoms with Crippen LogP contribution in [0.2, 0.25) is 0 Å². The first-order valence-corrected chi connectivity index (χ1v) is 11.9. The zero-order valence-corrected chi connectivity index (χ0v) is 18.7. The third-order valence-corrected chi connectivity index (χ3v) is 10.4. The fourth-order valence-electron chi connectivity index (χ4n) is 9.24. The maximum atomic E-state index is 13.1. The topological polar surface area (TPSA) is 74.6 Å². The van der Waals surface area contributed by atoms with Crippen LogP contribution in [0.25, 0.3) is 0 Å². The Labute approximate surface area is 179 Å². The molecule has 2 bridgehead atoms. The van der Waals surface area contributed by atoms with Gasteiger partial charge in [-0.3, -0.25) is 9.59 Å². The minimum atomic E-state index is -0.670. The van der Waals surface area contributed by atoms with Gasteiger partial charge in [-0.2, -0.15) is 0 Å². The molecule has 0 heterocycles. The van der Waals surface area contributed by atoms with E-state index in [1.165, 1.54) is 5.57 Å². The van der Waals surface area contributed by atoms with Gasteiger partial charge in [-0.05, 0) is 79.6 Å². The highest BCUT2D eigenvalue weighted by Crippen LogP contribution is 2.74. The molecule has 164 valence electrons. The van der Waals surface area contributed by atoms with E-state index in [0.717, 1.165) is 38.5 Å². The summed E-state index contributed by atoms with van der Waals surface area (Å²) in [5.41, 5.74) is 0.481. The Morgan fingerprint density at radius 3 is 2.57 bits per heavy atom. The molecule has 30 heavy (non-hydrogen) atoms. The number of carbonyl (C=O) groups excluding carboxylic acids is 1. The molecule has 0 radical (unpaired) electrons. The number of aliphatic carboxylic acids is 1. The number of aliphatic hydroxyl groups excluding tert-OH is 1. The van der Waals surface area contributed by atoms with Crippen molar-refractivity contribution in [2.24, 2.45) is 51.8 Å². The SMILES string of the molecule is CC(C)C1=CC23CCC4C(C)(C(=O)O)CCCC4(C)C2CC1C1C(=O)C=CC(O)C13. The van der Waals surface area contributed by atoms with Crippen LogP contribution in [0.1, 0.15) is 66.2 Å². The standard InChI is InChI=1S/C26H36O4/c1-14(2)16-13-26-11-8-19-24(3,9-5-10-25(19,4)23(29)30)20(26)12-15(16)21-17(27)6-7-18(28)22(21)26/h6-7,13-15,18-22,28H,5,8-12H2,1-4H3,(H,29,30). The van der Waals surface area contributed by atoms with Gasteiger partial charge in [-0.15, -0.1) is 0 Å². The van der Waals surface area contributed by atoms with E-state index in [0.29, 0.717) is 11.8 Å². The lowest BCUT2D eigenvalue weighted by atomic mass is 9.33. The molecule has 6 aliphatic carbocycles. The maximum Gasteiger partial charge on any atom is 0.309 e. The lowest BCUT2D eigenvalue weighted by Gasteiger charge is -2.70. The third-order valence-electron chi connectivity index (χ3n) is 10.4. The van der Waals surface area contributed by atoms with Crippen molar-refractivity contribution in [2.45, 2.75) is 72.3 Å². The van der Waals surface area contributed by atoms with Crippen LogP contribution in [0.3, 0.4) is 0 Å². The number of ketones is 1. The number of carboxylic acids is 1. The van der Waals surface area contributed by atoms with Gasteiger partial charge in [0.1, 0.15) is 0 Å². The zero-order chi connectivity index (χ0) is 21.6. The van der Waals surface area contributed by atoms with Gasteiger partial charge in [0.15, 0.2) is 5.78 Å². The number of fused-ring (bicyclic) bond motifs is 1. The Morgan fingerprint density at radius 1 is 1.17 bits per heavy atom. The molecule has 4 nitrogen and oxygen atoms in total. The molecular formula is C26H36O4. The molecule has 0 saturated heterocycles. The second kappa shape index (κ2) is 6.31. The van der Waals surface area contributed by atoms with Gasteiger partial charge in [0.25, 0.3) is 0 Å². The Morgan fingerprint density at radius 2 is 1.90 bits per heavy atom. The largest absolute Gasteiger partial charge is 0.481 e. The summed E-state index contributed by atoms with van der Waals surface area (Å²) in [6.07, 6.45) is 10.7. The van der Waals surface area contributed by atoms with Crippen molar-refractivity contribution < 1.29 is 19.8 Å². The summed E-state index contributed by atoms with van der Waals surface area (Å²) in [6, 6.07) is 0. The van der Waals surface area contributed by atoms with Crippen molar-refractivity contribution in [2.75, 3.05) is 0 Å². The number of carbonyl (C=O) groups is 2. The van der Waals surface area contributed by atoms with Crippen LogP contribution in [-0.2, 0) is 9.59 Å². The van der Waals surface area contributed by atoms with Gasteiger partial charge in [-0.25, -0.2) is 0 Å². The average Bonchev–Trinajstić information content (AvgIpc) is 2.69. The van der Waals surface area contributed by atoms with Gasteiger partial charge in [0, 0.05) is 11.8 Å². The van der Waals surface area contributed by atoms with E-state index in [4.69, 9.17) is 0 Å². The molecule has 0 aliphatic heterocycles. The van der Waals surface area contributed by atoms with Crippen molar-refractivity contribution in [3.8, 4) is 0 Å². The molecular weight excluding hydrogens is 376 g/mol. The Bertz CT molecular complexity index is 855. The van der Waals surface area contributed by atoms with Gasteiger partial charge < -0.3 is 10.2 Å². The average molecular weight is 413 g/mol. The molecule has 3 fully saturated rings. The van der Waals surface area contributed by atoms with Crippen molar-refractivity contribution in [1.29, 1.82) is 0 Å². The molecule has 9 unspecified atom stereocenters. The predicted molar refractivity (Wildman–Crippen MR) is 115 cm³/mol. The molecule has 2 N–H and O–H groups in total. The smallest absolute Gasteiger partial charge is 0.309 e. The Hall–Kier alpha value is -1.42. The highest BCUT2D eigenvalue weighted by molar-refractivity contribution is 5.94. The van der Waals surface area contributed by atoms with Crippen LogP contribution in [-0.4, -0.2) is 28.1 Å². The minimum absolute atomic E-state index is 0.0583. The number of aliphatic hydroxyl groups is 1. The molecule has 0 aromatic carbocycles. The fourth-order valence-corrected chi connectivity index (χ4v) is 9.24. The van der Waals surface area contributed by atoms with Crippen LogP contribution >= 0.6 is 0 Å². The van der Waals surface area contributed by atoms with Gasteiger partial charge in [0.05, 0.1) is 11.5 Å². The summed E-state index contributed by atoms with van der Waals surface area (Å²) >= 11 is 0. The van der Waals surface area contributed by atoms with Gasteiger partial charge >= 0.3 is 5.97 Å². The van der Waals surface area contributed by atoms with Crippen LogP contribution in [0.15, 0.2) is 23.8 Å². The first-order valence-electron chi connectivity index (χ1n) is 11.9. The molecule has 4 heteroatoms. The third kappa shape index (κ3) is 2.32.